The number of hydrogen-bond acceptors (Lipinski definition) is 6. The van der Waals surface area contributed by atoms with Crippen LogP contribution in [0.1, 0.15) is 86.5 Å². The number of nitrogens with one attached hydrogen (secondary N) is 1. The predicted octanol–water partition coefficient (Wildman–Crippen LogP) is 6.87. The Kier molecular flexibility index (Phi) is 14.9. The molecule has 0 fully saturated rings. The number of aliphatic carboxylic acids is 2. The molecule has 0 spiro atoms. The molecule has 1 aliphatic rings. The zero-order chi connectivity index (χ0) is 32.0. The summed E-state index contributed by atoms with van der Waals surface area (Å²) in [5.74, 6) is -1.84. The Balaban J connectivity index is 3.98. The van der Waals surface area contributed by atoms with E-state index in [1.54, 1.807) is 12.2 Å². The van der Waals surface area contributed by atoms with E-state index in [1.165, 1.54) is 0 Å². The fraction of sp³-hybridized carbons (Fsp3) is 0.382. The van der Waals surface area contributed by atoms with E-state index in [0.717, 1.165) is 45.4 Å². The number of carbonyl (C=O) groups is 2. The van der Waals surface area contributed by atoms with Crippen molar-refractivity contribution in [3.8, 4) is 0 Å². The molecule has 0 aromatic carbocycles. The van der Waals surface area contributed by atoms with Gasteiger partial charge in [0.05, 0.1) is 5.71 Å². The van der Waals surface area contributed by atoms with Crippen molar-refractivity contribution >= 4 is 17.7 Å². The summed E-state index contributed by atoms with van der Waals surface area (Å²) in [6.45, 7) is 11.6. The highest BCUT2D eigenvalue weighted by atomic mass is 16.4. The van der Waals surface area contributed by atoms with Crippen molar-refractivity contribution in [1.29, 1.82) is 5.41 Å². The lowest BCUT2D eigenvalue weighted by molar-refractivity contribution is -0.138. The summed E-state index contributed by atoms with van der Waals surface area (Å²) in [5, 5.41) is 27.3. The fourth-order valence-corrected chi connectivity index (χ4v) is 4.61. The van der Waals surface area contributed by atoms with Crippen LogP contribution < -0.4 is 17.2 Å². The van der Waals surface area contributed by atoms with Crippen molar-refractivity contribution in [2.24, 2.45) is 17.2 Å². The molecule has 0 unspecified atom stereocenters. The number of carboxylic acids is 2. The summed E-state index contributed by atoms with van der Waals surface area (Å²) < 4.78 is 0. The summed E-state index contributed by atoms with van der Waals surface area (Å²) in [7, 11) is 0. The van der Waals surface area contributed by atoms with E-state index in [9.17, 15) is 19.8 Å². The molecule has 8 heteroatoms. The first-order valence-electron chi connectivity index (χ1n) is 14.3. The molecule has 0 saturated carbocycles. The highest BCUT2D eigenvalue weighted by molar-refractivity contribution is 6.07. The minimum Gasteiger partial charge on any atom is -0.481 e. The lowest BCUT2D eigenvalue weighted by Gasteiger charge is -2.14. The summed E-state index contributed by atoms with van der Waals surface area (Å²) in [4.78, 5) is 22.8. The molecule has 0 atom stereocenters. The highest BCUT2D eigenvalue weighted by Gasteiger charge is 2.12. The lowest BCUT2D eigenvalue weighted by atomic mass is 9.95. The van der Waals surface area contributed by atoms with Gasteiger partial charge in [0, 0.05) is 29.9 Å². The number of hydrogen-bond donors (Lipinski definition) is 6. The van der Waals surface area contributed by atoms with E-state index >= 15 is 0 Å². The van der Waals surface area contributed by atoms with Crippen LogP contribution in [0, 0.1) is 5.41 Å². The third kappa shape index (κ3) is 11.3. The molecule has 228 valence electrons. The van der Waals surface area contributed by atoms with Gasteiger partial charge in [0.1, 0.15) is 0 Å². The van der Waals surface area contributed by atoms with E-state index in [2.05, 4.69) is 0 Å². The molecule has 0 aromatic heterocycles. The summed E-state index contributed by atoms with van der Waals surface area (Å²) >= 11 is 0. The van der Waals surface area contributed by atoms with Crippen LogP contribution >= 0.6 is 0 Å². The van der Waals surface area contributed by atoms with Gasteiger partial charge in [-0.05, 0) is 111 Å². The molecule has 0 heterocycles. The molecule has 42 heavy (non-hydrogen) atoms. The van der Waals surface area contributed by atoms with Crippen molar-refractivity contribution < 1.29 is 19.8 Å². The van der Waals surface area contributed by atoms with Gasteiger partial charge < -0.3 is 32.8 Å². The Hall–Kier alpha value is -4.33. The summed E-state index contributed by atoms with van der Waals surface area (Å²) in [6.07, 6.45) is 15.2. The van der Waals surface area contributed by atoms with Crippen LogP contribution in [0.3, 0.4) is 0 Å². The maximum atomic E-state index is 11.4. The van der Waals surface area contributed by atoms with Gasteiger partial charge >= 0.3 is 11.9 Å². The Bertz CT molecular complexity index is 1340. The van der Waals surface area contributed by atoms with Gasteiger partial charge in [-0.15, -0.1) is 0 Å². The second-order valence-electron chi connectivity index (χ2n) is 10.4. The molecule has 1 rings (SSSR count). The van der Waals surface area contributed by atoms with E-state index in [1.807, 2.05) is 71.9 Å². The number of nitrogens with two attached hydrogens (primary N) is 3. The third-order valence-corrected chi connectivity index (χ3v) is 7.51. The SMILES string of the molecule is CCC1=C(/C)C(=N)/C=C(N)/C(C)=C(CCC(=O)O)\C=C\C\C(CCC(=O)O)=C(C)/C(N)=C/C(N)=C(CC)/C(C)=C/C=C/1. The van der Waals surface area contributed by atoms with Gasteiger partial charge in [0.25, 0.3) is 0 Å². The zero-order valence-electron chi connectivity index (χ0n) is 25.9. The number of rotatable bonds is 8. The molecule has 0 bridgehead atoms. The summed E-state index contributed by atoms with van der Waals surface area (Å²) in [6, 6.07) is 0. The zero-order valence-corrected chi connectivity index (χ0v) is 25.9. The van der Waals surface area contributed by atoms with Crippen LogP contribution in [-0.4, -0.2) is 27.9 Å². The first-order valence-corrected chi connectivity index (χ1v) is 14.3. The average molecular weight is 577 g/mol. The highest BCUT2D eigenvalue weighted by Crippen LogP contribution is 2.25. The van der Waals surface area contributed by atoms with Gasteiger partial charge in [-0.3, -0.25) is 9.59 Å². The van der Waals surface area contributed by atoms with E-state index < -0.39 is 11.9 Å². The van der Waals surface area contributed by atoms with Crippen molar-refractivity contribution in [3.05, 3.63) is 104 Å². The summed E-state index contributed by atoms with van der Waals surface area (Å²) in [5.41, 5.74) is 27.8. The molecular formula is C34H48N4O4. The van der Waals surface area contributed by atoms with Crippen LogP contribution in [0.5, 0.6) is 0 Å². The molecule has 0 radical (unpaired) electrons. The van der Waals surface area contributed by atoms with Crippen LogP contribution in [0.15, 0.2) is 104 Å². The Morgan fingerprint density at radius 2 is 1.40 bits per heavy atom. The van der Waals surface area contributed by atoms with Gasteiger partial charge in [-0.2, -0.15) is 0 Å². The Morgan fingerprint density at radius 1 is 0.810 bits per heavy atom. The average Bonchev–Trinajstić information content (AvgIpc) is 2.92. The first-order chi connectivity index (χ1) is 19.7. The van der Waals surface area contributed by atoms with Crippen molar-refractivity contribution in [1.82, 2.24) is 0 Å². The molecule has 0 amide bonds. The lowest BCUT2D eigenvalue weighted by Crippen LogP contribution is -2.09. The predicted molar refractivity (Wildman–Crippen MR) is 173 cm³/mol. The van der Waals surface area contributed by atoms with Crippen LogP contribution in [0.25, 0.3) is 0 Å². The van der Waals surface area contributed by atoms with Gasteiger partial charge in [-0.1, -0.05) is 49.8 Å². The molecule has 0 saturated heterocycles. The van der Waals surface area contributed by atoms with Crippen LogP contribution in [-0.2, 0) is 9.59 Å². The monoisotopic (exact) mass is 576 g/mol. The first kappa shape index (κ1) is 35.7. The standard InChI is InChI=1S/C34H48N4O4/c1-7-25-12-9-11-21(3)28(8-2)32(38)20-31(37)24(6)27(16-18-34(41)42)14-10-13-26(15-17-33(39)40)23(5)30(36)19-29(35)22(25)4/h9-13,19-20,35H,7-8,14-18,36-38H2,1-6H3,(H,39,40)(H,41,42)/b12-9+,13-10+,21-11+,25-22-,26-23+,27-24+,30-19-,31-20-,32-28-,35-29?. The number of allylic oxidation sites excluding steroid dienone is 15. The normalized spacial score (nSPS) is 29.0. The van der Waals surface area contributed by atoms with Crippen molar-refractivity contribution in [2.45, 2.75) is 86.5 Å². The largest absolute Gasteiger partial charge is 0.481 e. The minimum atomic E-state index is -0.930. The molecule has 1 aliphatic carbocycles. The third-order valence-electron chi connectivity index (χ3n) is 7.51. The topological polar surface area (TPSA) is 177 Å². The molecular weight excluding hydrogens is 528 g/mol. The quantitative estimate of drug-likeness (QED) is 0.183. The van der Waals surface area contributed by atoms with Crippen LogP contribution in [0.2, 0.25) is 0 Å². The van der Waals surface area contributed by atoms with E-state index in [-0.39, 0.29) is 25.0 Å². The molecule has 0 aromatic rings. The van der Waals surface area contributed by atoms with Crippen molar-refractivity contribution in [3.63, 3.8) is 0 Å². The second kappa shape index (κ2) is 17.5. The Morgan fingerprint density at radius 3 is 1.98 bits per heavy atom. The molecule has 0 aliphatic heterocycles. The van der Waals surface area contributed by atoms with Gasteiger partial charge in [0.15, 0.2) is 0 Å². The molecule has 8 nitrogen and oxygen atoms in total. The second-order valence-corrected chi connectivity index (χ2v) is 10.4. The van der Waals surface area contributed by atoms with Gasteiger partial charge in [0.2, 0.25) is 0 Å². The van der Waals surface area contributed by atoms with Gasteiger partial charge in [-0.25, -0.2) is 0 Å². The smallest absolute Gasteiger partial charge is 0.303 e. The van der Waals surface area contributed by atoms with Crippen molar-refractivity contribution in [2.75, 3.05) is 0 Å². The Labute approximate surface area is 250 Å². The molecule has 9 N–H and O–H groups in total. The van der Waals surface area contributed by atoms with Crippen LogP contribution in [0.4, 0.5) is 0 Å². The van der Waals surface area contributed by atoms with E-state index in [4.69, 9.17) is 22.6 Å². The van der Waals surface area contributed by atoms with E-state index in [0.29, 0.717) is 41.9 Å². The maximum Gasteiger partial charge on any atom is 0.303 e. The maximum absolute atomic E-state index is 11.4. The number of carboxylic acid groups (broad SMARTS) is 2. The fourth-order valence-electron chi connectivity index (χ4n) is 4.61. The minimum absolute atomic E-state index is 0.0569.